The monoisotopic (exact) mass is 269 g/mol. The fraction of sp³-hybridized carbons (Fsp3) is 0.800. The molecule has 1 saturated heterocycles. The van der Waals surface area contributed by atoms with Crippen LogP contribution in [-0.2, 0) is 4.79 Å². The highest BCUT2D eigenvalue weighted by Gasteiger charge is 2.39. The molecule has 0 N–H and O–H groups in total. The minimum absolute atomic E-state index is 0. The van der Waals surface area contributed by atoms with Crippen molar-refractivity contribution < 1.29 is 4.79 Å². The van der Waals surface area contributed by atoms with Gasteiger partial charge < -0.3 is 4.90 Å². The quantitative estimate of drug-likeness (QED) is 0.731. The van der Waals surface area contributed by atoms with E-state index in [4.69, 9.17) is 0 Å². The number of Topliss-reactive ketones (excluding diaryl/α,β-unsaturated/α-hetero) is 1. The number of halogens is 1. The molecule has 3 rings (SSSR count). The van der Waals surface area contributed by atoms with Gasteiger partial charge in [-0.05, 0) is 50.6 Å². The second-order valence-electron chi connectivity index (χ2n) is 6.01. The van der Waals surface area contributed by atoms with Gasteiger partial charge in [0.05, 0.1) is 0 Å². The van der Waals surface area contributed by atoms with Crippen LogP contribution in [0.1, 0.15) is 38.5 Å². The molecule has 102 valence electrons. The lowest BCUT2D eigenvalue weighted by Crippen LogP contribution is -2.33. The van der Waals surface area contributed by atoms with Crippen molar-refractivity contribution in [2.45, 2.75) is 38.5 Å². The van der Waals surface area contributed by atoms with E-state index in [1.165, 1.54) is 38.8 Å². The number of allylic oxidation sites excluding steroid dienone is 2. The van der Waals surface area contributed by atoms with Crippen LogP contribution in [0.4, 0.5) is 0 Å². The van der Waals surface area contributed by atoms with Crippen molar-refractivity contribution >= 4 is 18.2 Å². The number of carbonyl (C=O) groups excluding carboxylic acids is 1. The molecule has 0 aromatic carbocycles. The summed E-state index contributed by atoms with van der Waals surface area (Å²) in [6.45, 7) is 3.43. The molecule has 3 unspecified atom stereocenters. The first-order chi connectivity index (χ1) is 8.33. The van der Waals surface area contributed by atoms with Crippen LogP contribution in [0.15, 0.2) is 12.2 Å². The van der Waals surface area contributed by atoms with Crippen LogP contribution < -0.4 is 0 Å². The topological polar surface area (TPSA) is 20.3 Å². The number of likely N-dealkylation sites (tertiary alicyclic amines) is 1. The first-order valence-corrected chi connectivity index (χ1v) is 7.26. The summed E-state index contributed by atoms with van der Waals surface area (Å²) in [7, 11) is 0. The Morgan fingerprint density at radius 2 is 1.89 bits per heavy atom. The van der Waals surface area contributed by atoms with Crippen LogP contribution in [0.3, 0.4) is 0 Å². The Hall–Kier alpha value is -0.340. The predicted molar refractivity (Wildman–Crippen MR) is 76.0 cm³/mol. The Kier molecular flexibility index (Phi) is 4.85. The number of hydrogen-bond donors (Lipinski definition) is 0. The van der Waals surface area contributed by atoms with Crippen LogP contribution in [0.5, 0.6) is 0 Å². The van der Waals surface area contributed by atoms with Gasteiger partial charge in [-0.25, -0.2) is 0 Å². The molecule has 3 atom stereocenters. The van der Waals surface area contributed by atoms with E-state index in [1.54, 1.807) is 0 Å². The van der Waals surface area contributed by atoms with E-state index in [9.17, 15) is 4.79 Å². The highest BCUT2D eigenvalue weighted by Crippen LogP contribution is 2.44. The standard InChI is InChI=1S/C15H23NO.ClH/c17-15(6-9-16-7-2-1-3-8-16)14-11-12-4-5-13(14)10-12;/h4-5,12-14H,1-3,6-11H2;1H. The number of hydrogen-bond acceptors (Lipinski definition) is 2. The van der Waals surface area contributed by atoms with Crippen LogP contribution in [-0.4, -0.2) is 30.3 Å². The van der Waals surface area contributed by atoms with Crippen molar-refractivity contribution in [1.29, 1.82) is 0 Å². The summed E-state index contributed by atoms with van der Waals surface area (Å²) in [5.74, 6) is 2.22. The van der Waals surface area contributed by atoms with Gasteiger partial charge in [-0.2, -0.15) is 0 Å². The molecular weight excluding hydrogens is 246 g/mol. The van der Waals surface area contributed by atoms with Gasteiger partial charge in [-0.15, -0.1) is 12.4 Å². The van der Waals surface area contributed by atoms with Crippen molar-refractivity contribution in [2.24, 2.45) is 17.8 Å². The molecule has 2 bridgehead atoms. The number of ketones is 1. The third kappa shape index (κ3) is 2.97. The van der Waals surface area contributed by atoms with E-state index >= 15 is 0 Å². The fourth-order valence-electron chi connectivity index (χ4n) is 3.79. The molecule has 0 amide bonds. The Balaban J connectivity index is 0.00000120. The zero-order valence-electron chi connectivity index (χ0n) is 11.0. The molecule has 18 heavy (non-hydrogen) atoms. The summed E-state index contributed by atoms with van der Waals surface area (Å²) in [4.78, 5) is 14.7. The lowest BCUT2D eigenvalue weighted by Gasteiger charge is -2.27. The van der Waals surface area contributed by atoms with Gasteiger partial charge in [0.15, 0.2) is 0 Å². The molecule has 3 heteroatoms. The van der Waals surface area contributed by atoms with Crippen molar-refractivity contribution in [3.05, 3.63) is 12.2 Å². The van der Waals surface area contributed by atoms with Gasteiger partial charge in [0.1, 0.15) is 5.78 Å². The Morgan fingerprint density at radius 1 is 1.11 bits per heavy atom. The third-order valence-corrected chi connectivity index (χ3v) is 4.82. The highest BCUT2D eigenvalue weighted by molar-refractivity contribution is 5.85. The lowest BCUT2D eigenvalue weighted by molar-refractivity contribution is -0.123. The molecule has 0 radical (unpaired) electrons. The second kappa shape index (κ2) is 6.21. The normalized spacial score (nSPS) is 34.6. The van der Waals surface area contributed by atoms with Gasteiger partial charge in [-0.3, -0.25) is 4.79 Å². The maximum Gasteiger partial charge on any atom is 0.137 e. The summed E-state index contributed by atoms with van der Waals surface area (Å²) < 4.78 is 0. The number of fused-ring (bicyclic) bond motifs is 2. The summed E-state index contributed by atoms with van der Waals surface area (Å²) >= 11 is 0. The zero-order chi connectivity index (χ0) is 11.7. The van der Waals surface area contributed by atoms with Crippen molar-refractivity contribution in [2.75, 3.05) is 19.6 Å². The first kappa shape index (κ1) is 14.1. The van der Waals surface area contributed by atoms with E-state index in [0.717, 1.165) is 25.3 Å². The van der Waals surface area contributed by atoms with Crippen molar-refractivity contribution in [1.82, 2.24) is 4.90 Å². The minimum atomic E-state index is 0. The molecule has 2 nitrogen and oxygen atoms in total. The van der Waals surface area contributed by atoms with Crippen molar-refractivity contribution in [3.8, 4) is 0 Å². The number of rotatable bonds is 4. The molecule has 1 heterocycles. The molecule has 1 aliphatic heterocycles. The smallest absolute Gasteiger partial charge is 0.137 e. The minimum Gasteiger partial charge on any atom is -0.303 e. The van der Waals surface area contributed by atoms with E-state index < -0.39 is 0 Å². The first-order valence-electron chi connectivity index (χ1n) is 7.26. The van der Waals surface area contributed by atoms with Crippen LogP contribution in [0.25, 0.3) is 0 Å². The van der Waals surface area contributed by atoms with E-state index in [2.05, 4.69) is 17.1 Å². The van der Waals surface area contributed by atoms with E-state index in [1.807, 2.05) is 0 Å². The molecule has 0 spiro atoms. The number of nitrogens with zero attached hydrogens (tertiary/aromatic N) is 1. The second-order valence-corrected chi connectivity index (χ2v) is 6.01. The maximum atomic E-state index is 12.2. The van der Waals surface area contributed by atoms with E-state index in [-0.39, 0.29) is 12.4 Å². The van der Waals surface area contributed by atoms with E-state index in [0.29, 0.717) is 17.6 Å². The molecule has 1 saturated carbocycles. The largest absolute Gasteiger partial charge is 0.303 e. The maximum absolute atomic E-state index is 12.2. The molecule has 2 aliphatic carbocycles. The Bertz CT molecular complexity index is 322. The Morgan fingerprint density at radius 3 is 2.50 bits per heavy atom. The molecule has 0 aromatic heterocycles. The number of carbonyl (C=O) groups is 1. The van der Waals surface area contributed by atoms with Gasteiger partial charge in [0.25, 0.3) is 0 Å². The lowest BCUT2D eigenvalue weighted by atomic mass is 9.88. The van der Waals surface area contributed by atoms with Gasteiger partial charge in [0, 0.05) is 18.9 Å². The summed E-state index contributed by atoms with van der Waals surface area (Å²) in [6, 6.07) is 0. The Labute approximate surface area is 116 Å². The van der Waals surface area contributed by atoms with Crippen LogP contribution in [0, 0.1) is 17.8 Å². The average molecular weight is 270 g/mol. The summed E-state index contributed by atoms with van der Waals surface area (Å²) in [6.07, 6.45) is 11.8. The zero-order valence-corrected chi connectivity index (χ0v) is 11.8. The molecular formula is C15H24ClNO. The molecule has 2 fully saturated rings. The summed E-state index contributed by atoms with van der Waals surface area (Å²) in [5, 5.41) is 0. The highest BCUT2D eigenvalue weighted by atomic mass is 35.5. The average Bonchev–Trinajstić information content (AvgIpc) is 2.99. The van der Waals surface area contributed by atoms with Crippen molar-refractivity contribution in [3.63, 3.8) is 0 Å². The number of piperidine rings is 1. The molecule has 3 aliphatic rings. The van der Waals surface area contributed by atoms with Gasteiger partial charge >= 0.3 is 0 Å². The molecule has 0 aromatic rings. The summed E-state index contributed by atoms with van der Waals surface area (Å²) in [5.41, 5.74) is 0. The van der Waals surface area contributed by atoms with Gasteiger partial charge in [-0.1, -0.05) is 18.6 Å². The SMILES string of the molecule is Cl.O=C(CCN1CCCCC1)C1CC2C=CC1C2. The van der Waals surface area contributed by atoms with Crippen LogP contribution >= 0.6 is 12.4 Å². The van der Waals surface area contributed by atoms with Crippen LogP contribution in [0.2, 0.25) is 0 Å². The van der Waals surface area contributed by atoms with Gasteiger partial charge in [0.2, 0.25) is 0 Å². The fourth-order valence-corrected chi connectivity index (χ4v) is 3.79. The predicted octanol–water partition coefficient (Wildman–Crippen LogP) is 3.07. The third-order valence-electron chi connectivity index (χ3n) is 4.82.